The summed E-state index contributed by atoms with van der Waals surface area (Å²) in [6, 6.07) is 22.6. The van der Waals surface area contributed by atoms with Crippen molar-refractivity contribution in [3.63, 3.8) is 0 Å². The number of benzene rings is 2. The largest absolute Gasteiger partial charge is 0.360 e. The molecule has 7 heteroatoms. The number of pyridine rings is 2. The van der Waals surface area contributed by atoms with E-state index in [1.807, 2.05) is 30.5 Å². The van der Waals surface area contributed by atoms with Gasteiger partial charge in [0.2, 0.25) is 0 Å². The SMILES string of the molecule is N#Cc1ccc(-c2cc(-c3ccc(Cl)cc3Cl)c(C#N)c(-c3c[nH]c4ccccc34)n2)nc1. The van der Waals surface area contributed by atoms with Gasteiger partial charge in [0.1, 0.15) is 12.1 Å². The minimum atomic E-state index is 0.390. The zero-order chi connectivity index (χ0) is 22.9. The van der Waals surface area contributed by atoms with Gasteiger partial charge in [0.15, 0.2) is 0 Å². The van der Waals surface area contributed by atoms with Crippen molar-refractivity contribution in [3.8, 4) is 45.9 Å². The van der Waals surface area contributed by atoms with E-state index in [1.165, 1.54) is 6.20 Å². The molecule has 0 saturated carbocycles. The summed E-state index contributed by atoms with van der Waals surface area (Å²) in [6.45, 7) is 0. The summed E-state index contributed by atoms with van der Waals surface area (Å²) in [5.74, 6) is 0. The molecule has 0 aliphatic carbocycles. The molecule has 0 spiro atoms. The third-order valence-electron chi connectivity index (χ3n) is 5.35. The van der Waals surface area contributed by atoms with Crippen molar-refractivity contribution in [2.24, 2.45) is 0 Å². The predicted octanol–water partition coefficient (Wildman–Crippen LogP) is 7.01. The summed E-state index contributed by atoms with van der Waals surface area (Å²) in [7, 11) is 0. The highest BCUT2D eigenvalue weighted by Crippen LogP contribution is 2.39. The summed E-state index contributed by atoms with van der Waals surface area (Å²) in [6.07, 6.45) is 3.34. The van der Waals surface area contributed by atoms with E-state index >= 15 is 0 Å². The normalized spacial score (nSPS) is 10.7. The maximum absolute atomic E-state index is 10.2. The molecule has 5 nitrogen and oxygen atoms in total. The molecule has 0 aliphatic rings. The van der Waals surface area contributed by atoms with Crippen LogP contribution < -0.4 is 0 Å². The lowest BCUT2D eigenvalue weighted by Gasteiger charge is -2.13. The van der Waals surface area contributed by atoms with Gasteiger partial charge in [-0.2, -0.15) is 10.5 Å². The molecule has 0 bridgehead atoms. The summed E-state index contributed by atoms with van der Waals surface area (Å²) >= 11 is 12.6. The second kappa shape index (κ2) is 8.41. The lowest BCUT2D eigenvalue weighted by atomic mass is 9.94. The number of nitriles is 2. The lowest BCUT2D eigenvalue weighted by molar-refractivity contribution is 1.23. The van der Waals surface area contributed by atoms with Crippen molar-refractivity contribution < 1.29 is 0 Å². The molecule has 0 amide bonds. The number of nitrogens with one attached hydrogen (secondary N) is 1. The summed E-state index contributed by atoms with van der Waals surface area (Å²) in [5, 5.41) is 21.2. The lowest BCUT2D eigenvalue weighted by Crippen LogP contribution is -1.98. The van der Waals surface area contributed by atoms with E-state index in [0.717, 1.165) is 16.5 Å². The van der Waals surface area contributed by atoms with Crippen LogP contribution >= 0.6 is 23.2 Å². The van der Waals surface area contributed by atoms with Gasteiger partial charge in [0, 0.05) is 50.0 Å². The number of fused-ring (bicyclic) bond motifs is 1. The van der Waals surface area contributed by atoms with E-state index < -0.39 is 0 Å². The van der Waals surface area contributed by atoms with Crippen LogP contribution in [0.4, 0.5) is 0 Å². The van der Waals surface area contributed by atoms with Crippen molar-refractivity contribution in [3.05, 3.63) is 94.2 Å². The third kappa shape index (κ3) is 3.70. The number of H-pyrrole nitrogens is 1. The number of hydrogen-bond acceptors (Lipinski definition) is 4. The maximum atomic E-state index is 10.2. The van der Waals surface area contributed by atoms with Crippen LogP contribution in [0.5, 0.6) is 0 Å². The fourth-order valence-electron chi connectivity index (χ4n) is 3.78. The average molecular weight is 466 g/mol. The molecular weight excluding hydrogens is 453 g/mol. The molecule has 3 heterocycles. The number of halogens is 2. The molecule has 0 atom stereocenters. The van der Waals surface area contributed by atoms with Crippen molar-refractivity contribution in [1.82, 2.24) is 15.0 Å². The minimum absolute atomic E-state index is 0.390. The Morgan fingerprint density at radius 1 is 0.818 bits per heavy atom. The van der Waals surface area contributed by atoms with Crippen LogP contribution in [0.3, 0.4) is 0 Å². The Morgan fingerprint density at radius 2 is 1.67 bits per heavy atom. The van der Waals surface area contributed by atoms with Gasteiger partial charge in [0.05, 0.1) is 28.2 Å². The van der Waals surface area contributed by atoms with E-state index in [9.17, 15) is 5.26 Å². The first-order chi connectivity index (χ1) is 16.1. The number of aromatic nitrogens is 3. The molecule has 1 N–H and O–H groups in total. The molecule has 3 aromatic heterocycles. The van der Waals surface area contributed by atoms with Gasteiger partial charge >= 0.3 is 0 Å². The summed E-state index contributed by atoms with van der Waals surface area (Å²) in [5.41, 5.74) is 5.50. The Hall–Kier alpha value is -4.16. The fourth-order valence-corrected chi connectivity index (χ4v) is 4.29. The van der Waals surface area contributed by atoms with E-state index in [1.54, 1.807) is 36.4 Å². The molecule has 0 unspecified atom stereocenters. The Kier molecular flexibility index (Phi) is 5.28. The molecular formula is C26H13Cl2N5. The number of para-hydroxylation sites is 1. The van der Waals surface area contributed by atoms with Gasteiger partial charge in [-0.15, -0.1) is 0 Å². The topological polar surface area (TPSA) is 89.1 Å². The van der Waals surface area contributed by atoms with Crippen LogP contribution in [0.25, 0.3) is 44.7 Å². The van der Waals surface area contributed by atoms with Gasteiger partial charge < -0.3 is 4.98 Å². The number of aromatic amines is 1. The third-order valence-corrected chi connectivity index (χ3v) is 5.90. The van der Waals surface area contributed by atoms with Gasteiger partial charge in [-0.3, -0.25) is 4.98 Å². The Balaban J connectivity index is 1.84. The number of rotatable bonds is 3. The van der Waals surface area contributed by atoms with Crippen molar-refractivity contribution in [2.45, 2.75) is 0 Å². The van der Waals surface area contributed by atoms with Gasteiger partial charge in [-0.25, -0.2) is 4.98 Å². The molecule has 5 rings (SSSR count). The zero-order valence-electron chi connectivity index (χ0n) is 17.0. The van der Waals surface area contributed by atoms with Crippen LogP contribution in [0.2, 0.25) is 10.0 Å². The Bertz CT molecular complexity index is 1610. The molecule has 5 aromatic rings. The monoisotopic (exact) mass is 465 g/mol. The van der Waals surface area contributed by atoms with E-state index in [0.29, 0.717) is 49.4 Å². The Labute approximate surface area is 199 Å². The highest BCUT2D eigenvalue weighted by atomic mass is 35.5. The Morgan fingerprint density at radius 3 is 2.39 bits per heavy atom. The van der Waals surface area contributed by atoms with Crippen molar-refractivity contribution >= 4 is 34.1 Å². The first-order valence-corrected chi connectivity index (χ1v) is 10.7. The van der Waals surface area contributed by atoms with Crippen LogP contribution in [0, 0.1) is 22.7 Å². The number of hydrogen-bond donors (Lipinski definition) is 1. The van der Waals surface area contributed by atoms with Crippen LogP contribution in [0.1, 0.15) is 11.1 Å². The minimum Gasteiger partial charge on any atom is -0.360 e. The maximum Gasteiger partial charge on any atom is 0.102 e. The van der Waals surface area contributed by atoms with E-state index in [-0.39, 0.29) is 0 Å². The first-order valence-electron chi connectivity index (χ1n) is 9.92. The second-order valence-corrected chi connectivity index (χ2v) is 8.15. The van der Waals surface area contributed by atoms with Gasteiger partial charge in [-0.1, -0.05) is 47.5 Å². The second-order valence-electron chi connectivity index (χ2n) is 7.31. The predicted molar refractivity (Wildman–Crippen MR) is 130 cm³/mol. The molecule has 156 valence electrons. The first kappa shape index (κ1) is 20.7. The van der Waals surface area contributed by atoms with Crippen molar-refractivity contribution in [2.75, 3.05) is 0 Å². The molecule has 33 heavy (non-hydrogen) atoms. The molecule has 0 fully saturated rings. The standard InChI is InChI=1S/C26H13Cl2N5/c27-16-6-7-17(22(28)9-16)19-10-25(24-8-5-15(11-29)13-31-24)33-26(20(19)12-30)21-14-32-23-4-2-1-3-18(21)23/h1-10,13-14,32H. The van der Waals surface area contributed by atoms with E-state index in [2.05, 4.69) is 22.1 Å². The smallest absolute Gasteiger partial charge is 0.102 e. The van der Waals surface area contributed by atoms with Gasteiger partial charge in [-0.05, 0) is 36.4 Å². The highest BCUT2D eigenvalue weighted by molar-refractivity contribution is 6.36. The van der Waals surface area contributed by atoms with Crippen LogP contribution in [-0.4, -0.2) is 15.0 Å². The highest BCUT2D eigenvalue weighted by Gasteiger charge is 2.21. The molecule has 0 saturated heterocycles. The van der Waals surface area contributed by atoms with Crippen molar-refractivity contribution in [1.29, 1.82) is 10.5 Å². The quantitative estimate of drug-likeness (QED) is 0.310. The fraction of sp³-hybridized carbons (Fsp3) is 0. The zero-order valence-corrected chi connectivity index (χ0v) is 18.5. The number of nitrogens with zero attached hydrogens (tertiary/aromatic N) is 4. The van der Waals surface area contributed by atoms with Gasteiger partial charge in [0.25, 0.3) is 0 Å². The van der Waals surface area contributed by atoms with E-state index in [4.69, 9.17) is 33.4 Å². The molecule has 2 aromatic carbocycles. The summed E-state index contributed by atoms with van der Waals surface area (Å²) < 4.78 is 0. The summed E-state index contributed by atoms with van der Waals surface area (Å²) in [4.78, 5) is 12.5. The molecule has 0 aliphatic heterocycles. The average Bonchev–Trinajstić information content (AvgIpc) is 3.27. The molecule has 0 radical (unpaired) electrons. The van der Waals surface area contributed by atoms with Crippen LogP contribution in [-0.2, 0) is 0 Å². The van der Waals surface area contributed by atoms with Crippen LogP contribution in [0.15, 0.2) is 73.1 Å².